The van der Waals surface area contributed by atoms with Crippen LogP contribution in [0.25, 0.3) is 5.69 Å². The van der Waals surface area contributed by atoms with Gasteiger partial charge in [0.2, 0.25) is 6.33 Å². The van der Waals surface area contributed by atoms with Crippen LogP contribution in [0.2, 0.25) is 0 Å². The van der Waals surface area contributed by atoms with E-state index in [1.54, 1.807) is 16.7 Å². The lowest BCUT2D eigenvalue weighted by atomic mass is 9.75. The summed E-state index contributed by atoms with van der Waals surface area (Å²) in [6, 6.07) is 16.5. The van der Waals surface area contributed by atoms with E-state index in [2.05, 4.69) is 58.0 Å². The zero-order valence-corrected chi connectivity index (χ0v) is 24.4. The van der Waals surface area contributed by atoms with Crippen molar-refractivity contribution in [1.82, 2.24) is 9.78 Å². The Bertz CT molecular complexity index is 1220. The molecule has 2 heterocycles. The molecule has 4 heteroatoms. The van der Waals surface area contributed by atoms with Crippen molar-refractivity contribution in [2.24, 2.45) is 0 Å². The zero-order chi connectivity index (χ0) is 26.7. The lowest BCUT2D eigenvalue weighted by Gasteiger charge is -2.31. The summed E-state index contributed by atoms with van der Waals surface area (Å²) in [7, 11) is 0. The molecule has 0 bridgehead atoms. The molecule has 4 nitrogen and oxygen atoms in total. The van der Waals surface area contributed by atoms with Gasteiger partial charge in [0, 0.05) is 11.5 Å². The van der Waals surface area contributed by atoms with Gasteiger partial charge in [-0.05, 0) is 78.5 Å². The van der Waals surface area contributed by atoms with Gasteiger partial charge >= 0.3 is 5.82 Å². The van der Waals surface area contributed by atoms with Crippen molar-refractivity contribution < 1.29 is 9.30 Å². The minimum Gasteiger partial charge on any atom is -0.367 e. The smallest absolute Gasteiger partial charge is 0.304 e. The Hall–Kier alpha value is -2.46. The molecule has 0 amide bonds. The summed E-state index contributed by atoms with van der Waals surface area (Å²) in [5.41, 5.74) is 7.69. The van der Waals surface area contributed by atoms with Crippen molar-refractivity contribution in [2.45, 2.75) is 133 Å². The van der Waals surface area contributed by atoms with Crippen LogP contribution in [0, 0.1) is 0 Å². The molecule has 1 atom stereocenters. The molecule has 1 aliphatic heterocycles. The first-order valence-electron chi connectivity index (χ1n) is 16.6. The molecular formula is C36H48N3O+. The van der Waals surface area contributed by atoms with Gasteiger partial charge in [-0.2, -0.15) is 0 Å². The molecule has 7 rings (SSSR count). The molecule has 3 aliphatic carbocycles. The average molecular weight is 539 g/mol. The number of benzene rings is 2. The molecule has 3 saturated carbocycles. The van der Waals surface area contributed by atoms with E-state index in [9.17, 15) is 0 Å². The van der Waals surface area contributed by atoms with Crippen LogP contribution in [0.4, 0.5) is 0 Å². The number of nitrogens with zero attached hydrogens (tertiary/aromatic N) is 3. The van der Waals surface area contributed by atoms with E-state index in [1.165, 1.54) is 108 Å². The first-order valence-corrected chi connectivity index (χ1v) is 16.6. The number of aromatic nitrogens is 3. The van der Waals surface area contributed by atoms with Crippen LogP contribution in [0.3, 0.4) is 0 Å². The second-order valence-corrected chi connectivity index (χ2v) is 13.3. The number of hydrogen-bond acceptors (Lipinski definition) is 2. The topological polar surface area (TPSA) is 30.9 Å². The third-order valence-corrected chi connectivity index (χ3v) is 10.6. The zero-order valence-electron chi connectivity index (χ0n) is 24.4. The maximum atomic E-state index is 6.12. The highest BCUT2D eigenvalue weighted by Crippen LogP contribution is 2.45. The van der Waals surface area contributed by atoms with Crippen molar-refractivity contribution >= 4 is 0 Å². The van der Waals surface area contributed by atoms with E-state index in [-0.39, 0.29) is 6.04 Å². The SMILES string of the molecule is c1ccc(C[C@@H]2COCc3nn(-c4c(C5CCCCC5)cc(C5CCCCC5)cc4C4CCCCC4)c[n+]32)cc1. The normalized spacial score (nSPS) is 23.2. The third-order valence-electron chi connectivity index (χ3n) is 10.6. The molecule has 1 aromatic heterocycles. The summed E-state index contributed by atoms with van der Waals surface area (Å²) in [6.07, 6.45) is 23.9. The predicted octanol–water partition coefficient (Wildman–Crippen LogP) is 8.62. The first-order chi connectivity index (χ1) is 19.8. The standard InChI is InChI=1S/C36H48N3O/c1-5-13-27(14-6-1)21-32-24-40-25-35-37-39(26-38(32)35)36-33(29-17-9-3-10-18-29)22-31(28-15-7-2-8-16-28)23-34(36)30-19-11-4-12-20-30/h1,5-6,13-14,22-23,26,28-30,32H,2-4,7-12,15-21,24-25H2/q+1/t32-/m1/s1. The maximum absolute atomic E-state index is 6.12. The lowest BCUT2D eigenvalue weighted by Crippen LogP contribution is -2.48. The largest absolute Gasteiger partial charge is 0.367 e. The molecule has 4 aliphatic rings. The monoisotopic (exact) mass is 538 g/mol. The summed E-state index contributed by atoms with van der Waals surface area (Å²) >= 11 is 0. The molecule has 3 fully saturated rings. The lowest BCUT2D eigenvalue weighted by molar-refractivity contribution is -0.742. The number of fused-ring (bicyclic) bond motifs is 1. The van der Waals surface area contributed by atoms with Gasteiger partial charge in [0.25, 0.3) is 0 Å². The second-order valence-electron chi connectivity index (χ2n) is 13.3. The molecule has 0 radical (unpaired) electrons. The van der Waals surface area contributed by atoms with Gasteiger partial charge in [-0.15, -0.1) is 0 Å². The highest BCUT2D eigenvalue weighted by atomic mass is 16.5. The van der Waals surface area contributed by atoms with E-state index in [0.717, 1.165) is 24.8 Å². The highest BCUT2D eigenvalue weighted by molar-refractivity contribution is 5.54. The molecule has 2 aromatic carbocycles. The molecule has 0 saturated heterocycles. The van der Waals surface area contributed by atoms with Crippen molar-refractivity contribution in [3.63, 3.8) is 0 Å². The first kappa shape index (κ1) is 26.4. The number of ether oxygens (including phenoxy) is 1. The Kier molecular flexibility index (Phi) is 8.06. The van der Waals surface area contributed by atoms with E-state index < -0.39 is 0 Å². The van der Waals surface area contributed by atoms with Crippen LogP contribution in [0.5, 0.6) is 0 Å². The van der Waals surface area contributed by atoms with Gasteiger partial charge in [0.15, 0.2) is 0 Å². The highest BCUT2D eigenvalue weighted by Gasteiger charge is 2.35. The Morgan fingerprint density at radius 2 is 1.30 bits per heavy atom. The van der Waals surface area contributed by atoms with Crippen LogP contribution in [-0.2, 0) is 17.8 Å². The van der Waals surface area contributed by atoms with Gasteiger partial charge < -0.3 is 4.74 Å². The summed E-state index contributed by atoms with van der Waals surface area (Å²) in [4.78, 5) is 0. The number of hydrogen-bond donors (Lipinski definition) is 0. The average Bonchev–Trinajstić information content (AvgIpc) is 3.47. The van der Waals surface area contributed by atoms with Crippen LogP contribution in [0.1, 0.15) is 148 Å². The fourth-order valence-corrected chi connectivity index (χ4v) is 8.40. The minimum atomic E-state index is 0.290. The van der Waals surface area contributed by atoms with Crippen LogP contribution >= 0.6 is 0 Å². The van der Waals surface area contributed by atoms with Crippen molar-refractivity contribution in [2.75, 3.05) is 6.61 Å². The van der Waals surface area contributed by atoms with E-state index in [4.69, 9.17) is 9.84 Å². The summed E-state index contributed by atoms with van der Waals surface area (Å²) < 4.78 is 10.9. The molecule has 0 spiro atoms. The molecule has 40 heavy (non-hydrogen) atoms. The van der Waals surface area contributed by atoms with Gasteiger partial charge in [-0.1, -0.05) is 105 Å². The quantitative estimate of drug-likeness (QED) is 0.294. The van der Waals surface area contributed by atoms with Crippen molar-refractivity contribution in [3.05, 3.63) is 76.9 Å². The van der Waals surface area contributed by atoms with E-state index >= 15 is 0 Å². The Labute approximate surface area is 241 Å². The fourth-order valence-electron chi connectivity index (χ4n) is 8.40. The summed E-state index contributed by atoms with van der Waals surface area (Å²) in [6.45, 7) is 1.36. The third kappa shape index (κ3) is 5.53. The van der Waals surface area contributed by atoms with Gasteiger partial charge in [0.1, 0.15) is 18.3 Å². The molecular weight excluding hydrogens is 490 g/mol. The Morgan fingerprint density at radius 3 is 1.90 bits per heavy atom. The van der Waals surface area contributed by atoms with Crippen molar-refractivity contribution in [1.29, 1.82) is 0 Å². The minimum absolute atomic E-state index is 0.290. The predicted molar refractivity (Wildman–Crippen MR) is 160 cm³/mol. The molecule has 0 unspecified atom stereocenters. The molecule has 3 aromatic rings. The van der Waals surface area contributed by atoms with Crippen LogP contribution in [0.15, 0.2) is 48.8 Å². The Balaban J connectivity index is 1.34. The van der Waals surface area contributed by atoms with Crippen molar-refractivity contribution in [3.8, 4) is 5.69 Å². The van der Waals surface area contributed by atoms with Gasteiger partial charge in [-0.25, -0.2) is 4.57 Å². The number of rotatable bonds is 6. The van der Waals surface area contributed by atoms with Gasteiger partial charge in [0.05, 0.1) is 6.61 Å². The van der Waals surface area contributed by atoms with Crippen LogP contribution in [-0.4, -0.2) is 16.4 Å². The maximum Gasteiger partial charge on any atom is 0.304 e. The molecule has 0 N–H and O–H groups in total. The van der Waals surface area contributed by atoms with Gasteiger partial charge in [-0.3, -0.25) is 0 Å². The summed E-state index contributed by atoms with van der Waals surface area (Å²) in [5, 5.41) is 5.32. The van der Waals surface area contributed by atoms with E-state index in [0.29, 0.717) is 18.4 Å². The second kappa shape index (κ2) is 12.2. The summed E-state index contributed by atoms with van der Waals surface area (Å²) in [5.74, 6) is 3.15. The van der Waals surface area contributed by atoms with E-state index in [1.807, 2.05) is 0 Å². The fraction of sp³-hybridized carbons (Fsp3) is 0.611. The Morgan fingerprint density at radius 1 is 0.725 bits per heavy atom. The molecule has 212 valence electrons. The van der Waals surface area contributed by atoms with Crippen LogP contribution < -0.4 is 4.57 Å².